The molecule has 15 heteroatoms. The van der Waals surface area contributed by atoms with E-state index >= 15 is 4.39 Å². The molecular formula is C26H18B3F4N3O5. The molecule has 0 saturated carbocycles. The van der Waals surface area contributed by atoms with Crippen LogP contribution in [0.15, 0.2) is 54.7 Å². The quantitative estimate of drug-likeness (QED) is 0.298. The molecule has 2 aromatic carbocycles. The van der Waals surface area contributed by atoms with E-state index in [1.165, 1.54) is 24.4 Å². The highest BCUT2D eigenvalue weighted by Gasteiger charge is 2.32. The fourth-order valence-corrected chi connectivity index (χ4v) is 4.00. The van der Waals surface area contributed by atoms with E-state index in [0.717, 1.165) is 42.7 Å². The van der Waals surface area contributed by atoms with Gasteiger partial charge in [0.1, 0.15) is 52.1 Å². The molecule has 1 aliphatic rings. The molecule has 0 saturated heterocycles. The number of carbonyl (C=O) groups is 2. The fraction of sp³-hybridized carbons (Fsp3) is 0.192. The average molecular weight is 561 g/mol. The van der Waals surface area contributed by atoms with Crippen LogP contribution >= 0.6 is 0 Å². The van der Waals surface area contributed by atoms with Crippen molar-refractivity contribution in [1.29, 1.82) is 0 Å². The minimum atomic E-state index is -5.04. The van der Waals surface area contributed by atoms with Gasteiger partial charge in [-0.2, -0.15) is 0 Å². The summed E-state index contributed by atoms with van der Waals surface area (Å²) >= 11 is 0. The van der Waals surface area contributed by atoms with Crippen LogP contribution in [0.1, 0.15) is 45.7 Å². The number of primary amides is 1. The van der Waals surface area contributed by atoms with Crippen LogP contribution in [-0.4, -0.2) is 52.0 Å². The number of hydrogen-bond donors (Lipinski definition) is 2. The molecule has 1 heterocycles. The van der Waals surface area contributed by atoms with Gasteiger partial charge >= 0.3 is 6.36 Å². The third-order valence-electron chi connectivity index (χ3n) is 5.62. The molecule has 3 aromatic rings. The predicted molar refractivity (Wildman–Crippen MR) is 143 cm³/mol. The second kappa shape index (κ2) is 11.6. The number of carbonyl (C=O) groups excluding carboxylic acids is 2. The summed E-state index contributed by atoms with van der Waals surface area (Å²) in [7, 11) is 16.4. The summed E-state index contributed by atoms with van der Waals surface area (Å²) in [6, 6.07) is 7.73. The molecule has 4 rings (SSSR count). The van der Waals surface area contributed by atoms with Gasteiger partial charge in [0.05, 0.1) is 0 Å². The Balaban J connectivity index is 1.78. The standard InChI is InChI=1S/C26H18B3F4N3O5/c27-25(28,29)41-20-12-16(40-26(31,32)33)5-6-19(20)39-21-10-14(13-3-1-2-4-13)9-17(30)22(21)24(38)36-15-7-8-35-18(11-15)23(34)37/h3,5-12H,1-2,4H2,(H2,34,37)(H,35,36,38). The zero-order valence-electron chi connectivity index (χ0n) is 21.1. The minimum absolute atomic E-state index is 0.0728. The van der Waals surface area contributed by atoms with Gasteiger partial charge in [0.15, 0.2) is 11.5 Å². The van der Waals surface area contributed by atoms with Gasteiger partial charge in [-0.15, -0.1) is 13.2 Å². The van der Waals surface area contributed by atoms with Crippen molar-refractivity contribution in [2.75, 3.05) is 5.32 Å². The number of rotatable bonds is 9. The predicted octanol–water partition coefficient (Wildman–Crippen LogP) is 4.33. The molecule has 204 valence electrons. The first-order valence-electron chi connectivity index (χ1n) is 11.9. The van der Waals surface area contributed by atoms with Gasteiger partial charge in [-0.25, -0.2) is 4.39 Å². The van der Waals surface area contributed by atoms with Crippen LogP contribution in [0.2, 0.25) is 0 Å². The maximum atomic E-state index is 15.6. The van der Waals surface area contributed by atoms with E-state index < -0.39 is 46.4 Å². The van der Waals surface area contributed by atoms with Crippen LogP contribution in [0.5, 0.6) is 23.0 Å². The Kier molecular flexibility index (Phi) is 8.36. The zero-order chi connectivity index (χ0) is 29.9. The lowest BCUT2D eigenvalue weighted by Crippen LogP contribution is -2.37. The Hall–Kier alpha value is -4.42. The van der Waals surface area contributed by atoms with E-state index in [2.05, 4.69) is 15.0 Å². The highest BCUT2D eigenvalue weighted by atomic mass is 19.4. The summed E-state index contributed by atoms with van der Waals surface area (Å²) < 4.78 is 68.8. The molecule has 41 heavy (non-hydrogen) atoms. The maximum absolute atomic E-state index is 15.6. The summed E-state index contributed by atoms with van der Waals surface area (Å²) in [5.41, 5.74) is 5.79. The van der Waals surface area contributed by atoms with Gasteiger partial charge < -0.3 is 25.3 Å². The monoisotopic (exact) mass is 561 g/mol. The van der Waals surface area contributed by atoms with E-state index in [-0.39, 0.29) is 22.9 Å². The first kappa shape index (κ1) is 29.6. The molecule has 0 fully saturated rings. The number of nitrogens with two attached hydrogens (primary N) is 1. The number of pyridine rings is 1. The summed E-state index contributed by atoms with van der Waals surface area (Å²) in [4.78, 5) is 28.5. The molecule has 8 nitrogen and oxygen atoms in total. The first-order valence-corrected chi connectivity index (χ1v) is 11.9. The van der Waals surface area contributed by atoms with Crippen LogP contribution in [0.4, 0.5) is 23.2 Å². The van der Waals surface area contributed by atoms with E-state index in [1.54, 1.807) is 0 Å². The van der Waals surface area contributed by atoms with E-state index in [1.807, 2.05) is 6.08 Å². The third kappa shape index (κ3) is 7.83. The number of nitrogens with zero attached hydrogens (tertiary/aromatic N) is 1. The van der Waals surface area contributed by atoms with Gasteiger partial charge in [0, 0.05) is 18.0 Å². The number of amides is 2. The maximum Gasteiger partial charge on any atom is 0.573 e. The van der Waals surface area contributed by atoms with Crippen molar-refractivity contribution >= 4 is 46.6 Å². The van der Waals surface area contributed by atoms with E-state index in [9.17, 15) is 22.8 Å². The lowest BCUT2D eigenvalue weighted by molar-refractivity contribution is -0.274. The van der Waals surface area contributed by atoms with E-state index in [4.69, 9.17) is 38.7 Å². The van der Waals surface area contributed by atoms with Gasteiger partial charge in [-0.1, -0.05) is 6.08 Å². The minimum Gasteiger partial charge on any atom is -0.512 e. The molecule has 6 radical (unpaired) electrons. The lowest BCUT2D eigenvalue weighted by atomic mass is 9.52. The number of hydrogen-bond acceptors (Lipinski definition) is 6. The number of benzene rings is 2. The summed E-state index contributed by atoms with van der Waals surface area (Å²) in [6.45, 7) is 0. The number of ether oxygens (including phenoxy) is 3. The Morgan fingerprint density at radius 2 is 1.73 bits per heavy atom. The number of alkyl halides is 3. The van der Waals surface area contributed by atoms with Crippen molar-refractivity contribution in [3.05, 3.63) is 77.4 Å². The van der Waals surface area contributed by atoms with Crippen LogP contribution in [0.3, 0.4) is 0 Å². The Morgan fingerprint density at radius 3 is 2.37 bits per heavy atom. The SMILES string of the molecule is [B]C([B])([B])Oc1cc(OC(F)(F)F)ccc1Oc1cc(C2=CCCC2)cc(F)c1C(=O)Nc1ccnc(C(N)=O)c1. The number of allylic oxidation sites excluding steroid dienone is 2. The smallest absolute Gasteiger partial charge is 0.512 e. The summed E-state index contributed by atoms with van der Waals surface area (Å²) in [5.74, 6) is -4.70. The van der Waals surface area contributed by atoms with Crippen molar-refractivity contribution in [1.82, 2.24) is 4.98 Å². The van der Waals surface area contributed by atoms with Crippen molar-refractivity contribution in [3.63, 3.8) is 0 Å². The lowest BCUT2D eigenvalue weighted by Gasteiger charge is -2.25. The average Bonchev–Trinajstić information content (AvgIpc) is 3.39. The second-order valence-corrected chi connectivity index (χ2v) is 8.91. The number of aromatic nitrogens is 1. The fourth-order valence-electron chi connectivity index (χ4n) is 4.00. The third-order valence-corrected chi connectivity index (χ3v) is 5.62. The van der Waals surface area contributed by atoms with Gasteiger partial charge in [-0.3, -0.25) is 14.6 Å². The molecule has 0 unspecified atom stereocenters. The molecular weight excluding hydrogens is 543 g/mol. The van der Waals surface area contributed by atoms with Crippen LogP contribution in [-0.2, 0) is 0 Å². The Labute approximate surface area is 235 Å². The molecule has 2 amide bonds. The zero-order valence-corrected chi connectivity index (χ0v) is 21.1. The van der Waals surface area contributed by atoms with Gasteiger partial charge in [-0.05, 0) is 72.1 Å². The van der Waals surface area contributed by atoms with Crippen molar-refractivity contribution < 1.29 is 41.4 Å². The largest absolute Gasteiger partial charge is 0.573 e. The van der Waals surface area contributed by atoms with Gasteiger partial charge in [0.25, 0.3) is 11.8 Å². The number of halogens is 4. The van der Waals surface area contributed by atoms with Gasteiger partial charge in [0.2, 0.25) is 0 Å². The van der Waals surface area contributed by atoms with Crippen LogP contribution in [0, 0.1) is 5.82 Å². The highest BCUT2D eigenvalue weighted by molar-refractivity contribution is 6.58. The molecule has 0 atom stereocenters. The van der Waals surface area contributed by atoms with Crippen LogP contribution < -0.4 is 25.3 Å². The second-order valence-electron chi connectivity index (χ2n) is 8.91. The van der Waals surface area contributed by atoms with Crippen LogP contribution in [0.25, 0.3) is 5.57 Å². The van der Waals surface area contributed by atoms with Crippen molar-refractivity contribution in [3.8, 4) is 23.0 Å². The van der Waals surface area contributed by atoms with E-state index in [0.29, 0.717) is 12.0 Å². The molecule has 1 aliphatic carbocycles. The molecule has 0 aliphatic heterocycles. The topological polar surface area (TPSA) is 113 Å². The molecule has 0 bridgehead atoms. The molecule has 3 N–H and O–H groups in total. The Bertz CT molecular complexity index is 1530. The normalized spacial score (nSPS) is 13.3. The molecule has 1 aromatic heterocycles. The Morgan fingerprint density at radius 1 is 0.976 bits per heavy atom. The summed E-state index contributed by atoms with van der Waals surface area (Å²) in [6.07, 6.45) is 0.332. The summed E-state index contributed by atoms with van der Waals surface area (Å²) in [5, 5.41) is 0.0750. The number of anilines is 1. The van der Waals surface area contributed by atoms with Crippen molar-refractivity contribution in [2.24, 2.45) is 5.73 Å². The highest BCUT2D eigenvalue weighted by Crippen LogP contribution is 2.41. The number of nitrogens with one attached hydrogen (secondary N) is 1. The van der Waals surface area contributed by atoms with Crippen molar-refractivity contribution in [2.45, 2.75) is 30.9 Å². The first-order chi connectivity index (χ1) is 19.2. The molecule has 0 spiro atoms.